The van der Waals surface area contributed by atoms with Gasteiger partial charge in [0.15, 0.2) is 0 Å². The fourth-order valence-electron chi connectivity index (χ4n) is 13.7. The minimum absolute atomic E-state index is 0.0107. The Hall–Kier alpha value is -10.7. The molecule has 0 bridgehead atoms. The number of amides is 17. The minimum atomic E-state index is -1.93. The van der Waals surface area contributed by atoms with Crippen molar-refractivity contribution < 1.29 is 96.8 Å². The number of carbonyl (C=O) groups is 17. The third-order valence-corrected chi connectivity index (χ3v) is 20.9. The Labute approximate surface area is 689 Å². The summed E-state index contributed by atoms with van der Waals surface area (Å²) in [7, 11) is 0. The van der Waals surface area contributed by atoms with Crippen LogP contribution in [0.4, 0.5) is 0 Å². The molecule has 3 aliphatic heterocycles. The van der Waals surface area contributed by atoms with Gasteiger partial charge in [-0.25, -0.2) is 0 Å². The van der Waals surface area contributed by atoms with Crippen LogP contribution >= 0.6 is 0 Å². The summed E-state index contributed by atoms with van der Waals surface area (Å²) in [6, 6.07) is 9.57. The van der Waals surface area contributed by atoms with E-state index in [1.807, 2.05) is 30.3 Å². The molecule has 654 valence electrons. The highest BCUT2D eigenvalue weighted by Gasteiger charge is 2.52. The monoisotopic (exact) mass is 1660 g/mol. The van der Waals surface area contributed by atoms with E-state index in [9.17, 15) is 96.8 Å². The molecule has 5 rings (SSSR count). The molecule has 0 aromatic heterocycles. The Kier molecular flexibility index (Phi) is 33.3. The second-order valence-electron chi connectivity index (χ2n) is 35.2. The Bertz CT molecular complexity index is 4060. The second-order valence-corrected chi connectivity index (χ2v) is 35.2. The third-order valence-electron chi connectivity index (χ3n) is 20.9. The van der Waals surface area contributed by atoms with Gasteiger partial charge in [-0.05, 0) is 159 Å². The standard InChI is InChI=1S/C81H125N17O20/c1-20-81(19,91-62(107)53(36-45(2)3)86-59(104)41-83-66(111)74(5,6)92-68(113)76(9,10)94-69(114)77(11,12)93-67(112)75(7,8)88-61(106)54(84-46(4)100)38-48-30-25-22-26-31-48)70(115)95-80(17,18)73(118)97-42-50(101)39-56(97)64(109)87-52(33-34-58(82)103)60(105)89-79(15,16)72(117)98-43-51(102)40-57(98)65(110)90-78(13,14)71(116)96-35-27-32-55(96)63(108)85-49(44-99)37-47-28-23-21-24-29-47/h21-26,28-31,45,49-57,99,101-102H,20,27,32-44H2,1-19H3,(H2,82,103)(H,83,111)(H,84,100)(H,85,108)(H,86,104)(H,87,109)(H,88,106)(H,89,105)(H,90,110)(H,91,107)(H,92,113)(H,93,112)(H,94,114)(H,95,115). The van der Waals surface area contributed by atoms with E-state index < -0.39 is 225 Å². The zero-order chi connectivity index (χ0) is 89.3. The van der Waals surface area contributed by atoms with Crippen molar-refractivity contribution in [3.8, 4) is 0 Å². The molecule has 10 unspecified atom stereocenters. The first-order chi connectivity index (χ1) is 54.4. The first-order valence-electron chi connectivity index (χ1n) is 39.7. The second kappa shape index (κ2) is 40.2. The number of primary amides is 1. The van der Waals surface area contributed by atoms with Crippen LogP contribution < -0.4 is 74.9 Å². The molecule has 17 amide bonds. The zero-order valence-corrected chi connectivity index (χ0v) is 71.4. The van der Waals surface area contributed by atoms with Crippen molar-refractivity contribution in [3.63, 3.8) is 0 Å². The van der Waals surface area contributed by atoms with E-state index >= 15 is 0 Å². The van der Waals surface area contributed by atoms with Gasteiger partial charge in [0.2, 0.25) is 100 Å². The summed E-state index contributed by atoms with van der Waals surface area (Å²) in [5.41, 5.74) is -7.05. The number of nitrogens with one attached hydrogen (secondary N) is 13. The topological polar surface area (TPSA) is 543 Å². The smallest absolute Gasteiger partial charge is 0.248 e. The van der Waals surface area contributed by atoms with Crippen LogP contribution in [0.25, 0.3) is 0 Å². The van der Waals surface area contributed by atoms with Crippen LogP contribution in [0.15, 0.2) is 60.7 Å². The highest BCUT2D eigenvalue weighted by atomic mass is 16.3. The van der Waals surface area contributed by atoms with Gasteiger partial charge in [-0.1, -0.05) is 81.4 Å². The predicted octanol–water partition coefficient (Wildman–Crippen LogP) is -2.69. The molecule has 0 radical (unpaired) electrons. The molecule has 3 saturated heterocycles. The minimum Gasteiger partial charge on any atom is -0.394 e. The summed E-state index contributed by atoms with van der Waals surface area (Å²) in [4.78, 5) is 239. The van der Waals surface area contributed by atoms with E-state index in [4.69, 9.17) is 5.73 Å². The molecule has 2 aromatic rings. The lowest BCUT2D eigenvalue weighted by Crippen LogP contribution is -2.68. The lowest BCUT2D eigenvalue weighted by molar-refractivity contribution is -0.148. The van der Waals surface area contributed by atoms with Crippen LogP contribution in [0, 0.1) is 5.92 Å². The fourth-order valence-corrected chi connectivity index (χ4v) is 13.7. The molecule has 3 aliphatic rings. The number of carbonyl (C=O) groups excluding carboxylic acids is 17. The molecule has 37 nitrogen and oxygen atoms in total. The maximum Gasteiger partial charge on any atom is 0.248 e. The van der Waals surface area contributed by atoms with Crippen molar-refractivity contribution in [2.75, 3.05) is 32.8 Å². The number of hydrogen-bond acceptors (Lipinski definition) is 20. The van der Waals surface area contributed by atoms with Gasteiger partial charge in [0.1, 0.15) is 80.6 Å². The molecule has 37 heteroatoms. The SMILES string of the molecule is CCC(C)(NC(=O)C(CC(C)C)NC(=O)CNC(=O)C(C)(C)NC(=O)C(C)(C)NC(=O)C(C)(C)NC(=O)C(C)(C)NC(=O)C(Cc1ccccc1)NC(C)=O)C(=O)NC(C)(C)C(=O)N1CC(O)CC1C(=O)NC(CCC(N)=O)C(=O)NC(C)(C)C(=O)N1CC(O)CC1C(=O)NC(C)(C)C(=O)N1CCCC1C(=O)NC(CO)Cc1ccccc1. The normalized spacial score (nSPS) is 18.8. The van der Waals surface area contributed by atoms with Gasteiger partial charge in [0.25, 0.3) is 0 Å². The number of hydrogen-bond donors (Lipinski definition) is 17. The quantitative estimate of drug-likeness (QED) is 0.0324. The van der Waals surface area contributed by atoms with E-state index in [-0.39, 0.29) is 57.7 Å². The largest absolute Gasteiger partial charge is 0.394 e. The molecule has 18 N–H and O–H groups in total. The van der Waals surface area contributed by atoms with Gasteiger partial charge in [-0.2, -0.15) is 0 Å². The predicted molar refractivity (Wildman–Crippen MR) is 431 cm³/mol. The number of β-amino-alcohol motifs (C(OH)–C–C–N with tert-alkyl or cyclic N) is 2. The number of nitrogens with zero attached hydrogens (tertiary/aromatic N) is 3. The maximum atomic E-state index is 14.7. The number of benzene rings is 2. The Morgan fingerprint density at radius 3 is 1.36 bits per heavy atom. The summed E-state index contributed by atoms with van der Waals surface area (Å²) >= 11 is 0. The lowest BCUT2D eigenvalue weighted by atomic mass is 9.93. The first kappa shape index (κ1) is 97.9. The van der Waals surface area contributed by atoms with E-state index in [0.717, 1.165) is 20.9 Å². The van der Waals surface area contributed by atoms with Crippen LogP contribution in [-0.4, -0.2) is 262 Å². The van der Waals surface area contributed by atoms with Crippen molar-refractivity contribution in [2.45, 2.75) is 295 Å². The molecule has 2 aromatic carbocycles. The van der Waals surface area contributed by atoms with Crippen LogP contribution in [0.2, 0.25) is 0 Å². The molecule has 0 saturated carbocycles. The average Bonchev–Trinajstić information content (AvgIpc) is 1.62. The van der Waals surface area contributed by atoms with Gasteiger partial charge < -0.3 is 105 Å². The van der Waals surface area contributed by atoms with Crippen LogP contribution in [0.1, 0.15) is 194 Å². The highest BCUT2D eigenvalue weighted by molar-refractivity contribution is 6.04. The summed E-state index contributed by atoms with van der Waals surface area (Å²) in [5, 5.41) is 66.0. The van der Waals surface area contributed by atoms with Crippen molar-refractivity contribution in [2.24, 2.45) is 11.7 Å². The number of aliphatic hydroxyl groups excluding tert-OH is 3. The van der Waals surface area contributed by atoms with Gasteiger partial charge >= 0.3 is 0 Å². The number of likely N-dealkylation sites (tertiary alicyclic amines) is 3. The first-order valence-corrected chi connectivity index (χ1v) is 39.7. The Balaban J connectivity index is 1.18. The lowest BCUT2D eigenvalue weighted by Gasteiger charge is -2.37. The molecule has 10 atom stereocenters. The van der Waals surface area contributed by atoms with Gasteiger partial charge in [0, 0.05) is 52.2 Å². The summed E-state index contributed by atoms with van der Waals surface area (Å²) in [5.74, 6) is -14.0. The molecule has 118 heavy (non-hydrogen) atoms. The van der Waals surface area contributed by atoms with Crippen LogP contribution in [0.3, 0.4) is 0 Å². The van der Waals surface area contributed by atoms with Crippen molar-refractivity contribution in [3.05, 3.63) is 71.8 Å². The van der Waals surface area contributed by atoms with Gasteiger partial charge in [-0.3, -0.25) is 81.5 Å². The van der Waals surface area contributed by atoms with Crippen molar-refractivity contribution in [1.82, 2.24) is 83.8 Å². The Morgan fingerprint density at radius 1 is 0.466 bits per heavy atom. The molecular formula is C81H125N17O20. The molecule has 3 fully saturated rings. The fraction of sp³-hybridized carbons (Fsp3) is 0.642. The van der Waals surface area contributed by atoms with Crippen molar-refractivity contribution in [1.29, 1.82) is 0 Å². The summed E-state index contributed by atoms with van der Waals surface area (Å²) in [6.45, 7) is 24.8. The highest BCUT2D eigenvalue weighted by Crippen LogP contribution is 2.29. The zero-order valence-electron chi connectivity index (χ0n) is 71.4. The van der Waals surface area contributed by atoms with Crippen molar-refractivity contribution >= 4 is 100 Å². The molecule has 0 aliphatic carbocycles. The Morgan fingerprint density at radius 2 is 0.881 bits per heavy atom. The van der Waals surface area contributed by atoms with Gasteiger partial charge in [-0.15, -0.1) is 0 Å². The maximum absolute atomic E-state index is 14.7. The van der Waals surface area contributed by atoms with Crippen LogP contribution in [-0.2, 0) is 94.3 Å². The van der Waals surface area contributed by atoms with E-state index in [0.29, 0.717) is 19.3 Å². The van der Waals surface area contributed by atoms with Gasteiger partial charge in [0.05, 0.1) is 31.4 Å². The molecule has 3 heterocycles. The average molecular weight is 1660 g/mol. The third kappa shape index (κ3) is 26.9. The summed E-state index contributed by atoms with van der Waals surface area (Å²) in [6.07, 6.45) is -3.03. The summed E-state index contributed by atoms with van der Waals surface area (Å²) < 4.78 is 0. The molecular weight excluding hydrogens is 1530 g/mol. The number of aliphatic hydroxyl groups is 3. The van der Waals surface area contributed by atoms with E-state index in [2.05, 4.69) is 69.1 Å². The van der Waals surface area contributed by atoms with E-state index in [1.165, 1.54) is 116 Å². The van der Waals surface area contributed by atoms with E-state index in [1.54, 1.807) is 51.1 Å². The van der Waals surface area contributed by atoms with Crippen LogP contribution in [0.5, 0.6) is 0 Å². The number of nitrogens with two attached hydrogens (primary N) is 1. The molecule has 0 spiro atoms. The number of rotatable bonds is 39.